The molecule has 0 radical (unpaired) electrons. The van der Waals surface area contributed by atoms with Gasteiger partial charge in [-0.15, -0.1) is 0 Å². The third-order valence-electron chi connectivity index (χ3n) is 6.84. The number of hydrogen-bond acceptors (Lipinski definition) is 8. The van der Waals surface area contributed by atoms with Crippen molar-refractivity contribution in [1.29, 1.82) is 0 Å². The number of rotatable bonds is 6. The standard InChI is InChI=1S/C27H27ClN4O5S/c1-3-38(2,34)32-18-10-8-16(9-11-18)15-4-6-17(7-5-15)23-19(28)12-20-26(30-23)31-27(29-20)37-22-14-36-24-21(33)13-35-25(22)24/h4-12,21-22,24-25,33H,3,13-14H2,1-2H3,(H,29,30,31)/t21-,22-,24-,25?,38?/m1/s1. The Bertz CT molecular complexity index is 1600. The molecule has 2 aromatic carbocycles. The van der Waals surface area contributed by atoms with Gasteiger partial charge in [-0.05, 0) is 29.3 Å². The van der Waals surface area contributed by atoms with Crippen LogP contribution >= 0.6 is 11.6 Å². The molecule has 4 heterocycles. The average molecular weight is 555 g/mol. The molecule has 0 amide bonds. The van der Waals surface area contributed by atoms with Crippen molar-refractivity contribution < 1.29 is 23.5 Å². The van der Waals surface area contributed by atoms with Gasteiger partial charge in [-0.3, -0.25) is 4.98 Å². The summed E-state index contributed by atoms with van der Waals surface area (Å²) in [6, 6.07) is 17.7. The number of nitrogens with zero attached hydrogens (tertiary/aromatic N) is 3. The summed E-state index contributed by atoms with van der Waals surface area (Å²) in [4.78, 5) is 12.3. The summed E-state index contributed by atoms with van der Waals surface area (Å²) in [5.74, 6) is 0.516. The van der Waals surface area contributed by atoms with Gasteiger partial charge in [0.15, 0.2) is 11.8 Å². The van der Waals surface area contributed by atoms with Crippen molar-refractivity contribution in [3.05, 3.63) is 59.6 Å². The van der Waals surface area contributed by atoms with Crippen molar-refractivity contribution in [1.82, 2.24) is 15.0 Å². The molecule has 0 aliphatic carbocycles. The molecule has 9 nitrogen and oxygen atoms in total. The van der Waals surface area contributed by atoms with Gasteiger partial charge >= 0.3 is 0 Å². The molecular weight excluding hydrogens is 528 g/mol. The summed E-state index contributed by atoms with van der Waals surface area (Å²) in [6.07, 6.45) is -0.0615. The highest BCUT2D eigenvalue weighted by Crippen LogP contribution is 2.33. The number of aliphatic hydroxyl groups is 1. The fourth-order valence-corrected chi connectivity index (χ4v) is 5.62. The van der Waals surface area contributed by atoms with Crippen LogP contribution in [0.3, 0.4) is 0 Å². The Kier molecular flexibility index (Phi) is 6.61. The fraction of sp³-hybridized carbons (Fsp3) is 0.333. The lowest BCUT2D eigenvalue weighted by Crippen LogP contribution is -2.34. The smallest absolute Gasteiger partial charge is 0.296 e. The summed E-state index contributed by atoms with van der Waals surface area (Å²) in [5, 5.41) is 10.4. The molecule has 5 atom stereocenters. The molecule has 2 N–H and O–H groups in total. The molecule has 2 aromatic heterocycles. The number of imidazole rings is 1. The molecule has 6 rings (SSSR count). The van der Waals surface area contributed by atoms with Crippen LogP contribution in [0.4, 0.5) is 5.69 Å². The van der Waals surface area contributed by atoms with Crippen molar-refractivity contribution >= 4 is 38.2 Å². The maximum atomic E-state index is 12.3. The third kappa shape index (κ3) is 4.90. The number of nitrogens with one attached hydrogen (secondary N) is 1. The molecule has 0 bridgehead atoms. The number of aromatic amines is 1. The third-order valence-corrected chi connectivity index (χ3v) is 8.80. The highest BCUT2D eigenvalue weighted by Gasteiger charge is 2.48. The molecule has 0 spiro atoms. The summed E-state index contributed by atoms with van der Waals surface area (Å²) >= 11 is 6.59. The van der Waals surface area contributed by atoms with Crippen LogP contribution in [0.2, 0.25) is 5.02 Å². The zero-order chi connectivity index (χ0) is 26.4. The van der Waals surface area contributed by atoms with Gasteiger partial charge in [0.2, 0.25) is 0 Å². The van der Waals surface area contributed by atoms with Crippen molar-refractivity contribution in [3.8, 4) is 28.4 Å². The number of fused-ring (bicyclic) bond motifs is 2. The normalized spacial score (nSPS) is 24.3. The van der Waals surface area contributed by atoms with Crippen molar-refractivity contribution in [2.45, 2.75) is 31.3 Å². The lowest BCUT2D eigenvalue weighted by Gasteiger charge is -2.15. The molecular formula is C27H27ClN4O5S. The minimum absolute atomic E-state index is 0.233. The number of H-pyrrole nitrogens is 1. The second-order valence-corrected chi connectivity index (χ2v) is 12.6. The highest BCUT2D eigenvalue weighted by molar-refractivity contribution is 7.93. The fourth-order valence-electron chi connectivity index (χ4n) is 4.66. The van der Waals surface area contributed by atoms with Gasteiger partial charge < -0.3 is 19.3 Å². The number of hydrogen-bond donors (Lipinski definition) is 2. The first-order valence-corrected chi connectivity index (χ1v) is 14.8. The average Bonchev–Trinajstić information content (AvgIpc) is 3.60. The topological polar surface area (TPSA) is 119 Å². The van der Waals surface area contributed by atoms with Gasteiger partial charge in [0.1, 0.15) is 23.8 Å². The zero-order valence-electron chi connectivity index (χ0n) is 20.8. The molecule has 0 saturated carbocycles. The van der Waals surface area contributed by atoms with Crippen molar-refractivity contribution in [3.63, 3.8) is 0 Å². The zero-order valence-corrected chi connectivity index (χ0v) is 22.4. The Hall–Kier alpha value is -3.02. The summed E-state index contributed by atoms with van der Waals surface area (Å²) in [6.45, 7) is 2.42. The van der Waals surface area contributed by atoms with Crippen molar-refractivity contribution in [2.24, 2.45) is 4.36 Å². The molecule has 2 saturated heterocycles. The molecule has 198 valence electrons. The van der Waals surface area contributed by atoms with E-state index in [1.807, 2.05) is 55.5 Å². The summed E-state index contributed by atoms with van der Waals surface area (Å²) in [7, 11) is -2.20. The largest absolute Gasteiger partial charge is 0.456 e. The Labute approximate surface area is 225 Å². The van der Waals surface area contributed by atoms with Gasteiger partial charge in [0.05, 0.1) is 29.6 Å². The van der Waals surface area contributed by atoms with Gasteiger partial charge in [-0.1, -0.05) is 54.9 Å². The number of halogens is 1. The predicted octanol–water partition coefficient (Wildman–Crippen LogP) is 4.60. The summed E-state index contributed by atoms with van der Waals surface area (Å²) < 4.78 is 33.8. The minimum Gasteiger partial charge on any atom is -0.456 e. The SMILES string of the molecule is CCS(C)(=O)=Nc1ccc(-c2ccc(-c3nc4[nH]c(O[C@@H]5CO[C@H]6C5OC[C@H]6O)nc4cc3Cl)cc2)cc1. The lowest BCUT2D eigenvalue weighted by molar-refractivity contribution is 0.00706. The van der Waals surface area contributed by atoms with Crippen LogP contribution in [0.1, 0.15) is 6.92 Å². The van der Waals surface area contributed by atoms with E-state index < -0.39 is 15.8 Å². The van der Waals surface area contributed by atoms with E-state index in [9.17, 15) is 9.32 Å². The highest BCUT2D eigenvalue weighted by atomic mass is 35.5. The second kappa shape index (κ2) is 9.94. The monoisotopic (exact) mass is 554 g/mol. The first-order valence-electron chi connectivity index (χ1n) is 12.3. The van der Waals surface area contributed by atoms with Crippen molar-refractivity contribution in [2.75, 3.05) is 25.2 Å². The van der Waals surface area contributed by atoms with E-state index in [4.69, 9.17) is 30.8 Å². The molecule has 2 unspecified atom stereocenters. The Morgan fingerprint density at radius 2 is 1.71 bits per heavy atom. The molecule has 2 aliphatic heterocycles. The van der Waals surface area contributed by atoms with E-state index in [-0.39, 0.29) is 24.9 Å². The minimum atomic E-state index is -2.20. The van der Waals surface area contributed by atoms with E-state index in [2.05, 4.69) is 14.3 Å². The maximum Gasteiger partial charge on any atom is 0.296 e. The number of aliphatic hydroxyl groups excluding tert-OH is 1. The predicted molar refractivity (Wildman–Crippen MR) is 146 cm³/mol. The van der Waals surface area contributed by atoms with Crippen LogP contribution in [-0.4, -0.2) is 73.9 Å². The molecule has 11 heteroatoms. The van der Waals surface area contributed by atoms with Gasteiger partial charge in [-0.2, -0.15) is 9.35 Å². The van der Waals surface area contributed by atoms with Crippen LogP contribution in [0, 0.1) is 0 Å². The Morgan fingerprint density at radius 1 is 1.05 bits per heavy atom. The number of pyridine rings is 1. The van der Waals surface area contributed by atoms with E-state index in [1.54, 1.807) is 12.3 Å². The molecule has 4 aromatic rings. The van der Waals surface area contributed by atoms with Crippen LogP contribution < -0.4 is 4.74 Å². The van der Waals surface area contributed by atoms with E-state index in [0.29, 0.717) is 45.9 Å². The molecule has 2 aliphatic rings. The first-order chi connectivity index (χ1) is 18.3. The summed E-state index contributed by atoms with van der Waals surface area (Å²) in [5.41, 5.74) is 5.37. The van der Waals surface area contributed by atoms with E-state index in [1.165, 1.54) is 0 Å². The first kappa shape index (κ1) is 25.3. The molecule has 2 fully saturated rings. The van der Waals surface area contributed by atoms with Crippen LogP contribution in [0.5, 0.6) is 6.01 Å². The van der Waals surface area contributed by atoms with Gasteiger partial charge in [0, 0.05) is 27.3 Å². The maximum absolute atomic E-state index is 12.3. The van der Waals surface area contributed by atoms with Crippen LogP contribution in [0.25, 0.3) is 33.5 Å². The van der Waals surface area contributed by atoms with E-state index >= 15 is 0 Å². The van der Waals surface area contributed by atoms with E-state index in [0.717, 1.165) is 16.7 Å². The Balaban J connectivity index is 1.21. The number of benzene rings is 2. The van der Waals surface area contributed by atoms with Crippen LogP contribution in [-0.2, 0) is 19.2 Å². The number of ether oxygens (including phenoxy) is 3. The lowest BCUT2D eigenvalue weighted by atomic mass is 10.0. The number of aromatic nitrogens is 3. The Morgan fingerprint density at radius 3 is 2.42 bits per heavy atom. The molecule has 38 heavy (non-hydrogen) atoms. The van der Waals surface area contributed by atoms with Crippen LogP contribution in [0.15, 0.2) is 59.0 Å². The van der Waals surface area contributed by atoms with Gasteiger partial charge in [-0.25, -0.2) is 9.19 Å². The van der Waals surface area contributed by atoms with Gasteiger partial charge in [0.25, 0.3) is 6.01 Å². The quantitative estimate of drug-likeness (QED) is 0.357. The second-order valence-electron chi connectivity index (χ2n) is 9.51.